The van der Waals surface area contributed by atoms with Crippen molar-refractivity contribution in [2.45, 2.75) is 18.5 Å². The molecule has 5 heteroatoms. The molecule has 0 saturated carbocycles. The van der Waals surface area contributed by atoms with E-state index in [2.05, 4.69) is 11.6 Å². The monoisotopic (exact) mass is 257 g/mol. The third-order valence-electron chi connectivity index (χ3n) is 2.49. The van der Waals surface area contributed by atoms with Crippen molar-refractivity contribution in [3.05, 3.63) is 46.9 Å². The molecule has 0 amide bonds. The molecule has 1 aliphatic rings. The van der Waals surface area contributed by atoms with Crippen LogP contribution in [0.5, 0.6) is 0 Å². The second-order valence-electron chi connectivity index (χ2n) is 3.73. The SMILES string of the molecule is C=C1SC(c2ccc(C(F)(F)F)cc2)N=C1C. The third kappa shape index (κ3) is 2.54. The maximum atomic E-state index is 12.4. The summed E-state index contributed by atoms with van der Waals surface area (Å²) >= 11 is 1.46. The molecule has 1 atom stereocenters. The zero-order valence-electron chi connectivity index (χ0n) is 9.08. The summed E-state index contributed by atoms with van der Waals surface area (Å²) in [6, 6.07) is 5.11. The Bertz CT molecular complexity index is 474. The Morgan fingerprint density at radius 1 is 1.24 bits per heavy atom. The summed E-state index contributed by atoms with van der Waals surface area (Å²) < 4.78 is 37.1. The summed E-state index contributed by atoms with van der Waals surface area (Å²) in [5, 5.41) is -0.162. The van der Waals surface area contributed by atoms with Crippen LogP contribution in [-0.2, 0) is 6.18 Å². The van der Waals surface area contributed by atoms with Gasteiger partial charge >= 0.3 is 6.18 Å². The molecule has 0 bridgehead atoms. The predicted molar refractivity (Wildman–Crippen MR) is 64.0 cm³/mol. The number of halogens is 3. The summed E-state index contributed by atoms with van der Waals surface area (Å²) in [6.07, 6.45) is -4.29. The number of thioether (sulfide) groups is 1. The molecule has 90 valence electrons. The molecular formula is C12H10F3NS. The maximum absolute atomic E-state index is 12.4. The Morgan fingerprint density at radius 3 is 2.24 bits per heavy atom. The van der Waals surface area contributed by atoms with E-state index in [-0.39, 0.29) is 5.37 Å². The molecule has 0 fully saturated rings. The minimum absolute atomic E-state index is 0.162. The van der Waals surface area contributed by atoms with Gasteiger partial charge in [0.15, 0.2) is 0 Å². The number of rotatable bonds is 1. The van der Waals surface area contributed by atoms with Gasteiger partial charge in [-0.05, 0) is 24.6 Å². The number of benzene rings is 1. The van der Waals surface area contributed by atoms with Gasteiger partial charge in [0, 0.05) is 10.6 Å². The van der Waals surface area contributed by atoms with Gasteiger partial charge in [0.1, 0.15) is 5.37 Å². The number of aliphatic imine (C=N–C) groups is 1. The molecule has 1 aromatic carbocycles. The topological polar surface area (TPSA) is 12.4 Å². The second kappa shape index (κ2) is 4.22. The molecule has 1 nitrogen and oxygen atoms in total. The third-order valence-corrected chi connectivity index (χ3v) is 3.67. The molecule has 1 heterocycles. The van der Waals surface area contributed by atoms with E-state index in [1.165, 1.54) is 23.9 Å². The molecule has 1 unspecified atom stereocenters. The average molecular weight is 257 g/mol. The Kier molecular flexibility index (Phi) is 3.03. The van der Waals surface area contributed by atoms with Crippen molar-refractivity contribution >= 4 is 17.5 Å². The number of allylic oxidation sites excluding steroid dienone is 1. The first-order chi connectivity index (χ1) is 7.88. The molecule has 0 saturated heterocycles. The molecule has 0 aliphatic carbocycles. The number of hydrogen-bond donors (Lipinski definition) is 0. The first-order valence-electron chi connectivity index (χ1n) is 4.95. The fourth-order valence-corrected chi connectivity index (χ4v) is 2.47. The Labute approximate surface area is 101 Å². The molecule has 0 radical (unpaired) electrons. The Morgan fingerprint density at radius 2 is 1.82 bits per heavy atom. The van der Waals surface area contributed by atoms with E-state index in [9.17, 15) is 13.2 Å². The highest BCUT2D eigenvalue weighted by Crippen LogP contribution is 2.42. The van der Waals surface area contributed by atoms with Crippen LogP contribution in [0.15, 0.2) is 40.7 Å². The fourth-order valence-electron chi connectivity index (χ4n) is 1.47. The first kappa shape index (κ1) is 12.2. The second-order valence-corrected chi connectivity index (χ2v) is 4.90. The summed E-state index contributed by atoms with van der Waals surface area (Å²) in [4.78, 5) is 5.20. The lowest BCUT2D eigenvalue weighted by Crippen LogP contribution is -2.04. The van der Waals surface area contributed by atoms with Gasteiger partial charge in [0.2, 0.25) is 0 Å². The largest absolute Gasteiger partial charge is 0.416 e. The van der Waals surface area contributed by atoms with Gasteiger partial charge in [0.25, 0.3) is 0 Å². The van der Waals surface area contributed by atoms with Gasteiger partial charge in [-0.3, -0.25) is 4.99 Å². The molecule has 2 rings (SSSR count). The molecule has 0 N–H and O–H groups in total. The van der Waals surface area contributed by atoms with Gasteiger partial charge in [-0.25, -0.2) is 0 Å². The molecule has 17 heavy (non-hydrogen) atoms. The van der Waals surface area contributed by atoms with Crippen molar-refractivity contribution in [1.82, 2.24) is 0 Å². The lowest BCUT2D eigenvalue weighted by Gasteiger charge is -2.09. The predicted octanol–water partition coefficient (Wildman–Crippen LogP) is 4.43. The van der Waals surface area contributed by atoms with Crippen LogP contribution < -0.4 is 0 Å². The van der Waals surface area contributed by atoms with Gasteiger partial charge in [0.05, 0.1) is 5.56 Å². The Hall–Kier alpha value is -1.23. The molecular weight excluding hydrogens is 247 g/mol. The zero-order chi connectivity index (χ0) is 12.6. The summed E-state index contributed by atoms with van der Waals surface area (Å²) in [6.45, 7) is 5.67. The van der Waals surface area contributed by atoms with Crippen molar-refractivity contribution in [3.8, 4) is 0 Å². The van der Waals surface area contributed by atoms with E-state index in [1.807, 2.05) is 6.92 Å². The lowest BCUT2D eigenvalue weighted by molar-refractivity contribution is -0.137. The van der Waals surface area contributed by atoms with Crippen LogP contribution in [0, 0.1) is 0 Å². The van der Waals surface area contributed by atoms with Crippen LogP contribution in [0.3, 0.4) is 0 Å². The fraction of sp³-hybridized carbons (Fsp3) is 0.250. The van der Waals surface area contributed by atoms with Crippen LogP contribution >= 0.6 is 11.8 Å². The minimum atomic E-state index is -4.29. The molecule has 0 aromatic heterocycles. The van der Waals surface area contributed by atoms with E-state index in [0.29, 0.717) is 0 Å². The van der Waals surface area contributed by atoms with E-state index < -0.39 is 11.7 Å². The van der Waals surface area contributed by atoms with Crippen LogP contribution in [0.4, 0.5) is 13.2 Å². The molecule has 0 spiro atoms. The Balaban J connectivity index is 2.23. The minimum Gasteiger partial charge on any atom is -0.270 e. The van der Waals surface area contributed by atoms with E-state index in [4.69, 9.17) is 0 Å². The van der Waals surface area contributed by atoms with Crippen LogP contribution in [0.25, 0.3) is 0 Å². The molecule has 1 aliphatic heterocycles. The zero-order valence-corrected chi connectivity index (χ0v) is 9.90. The van der Waals surface area contributed by atoms with Crippen LogP contribution in [-0.4, -0.2) is 5.71 Å². The summed E-state index contributed by atoms with van der Waals surface area (Å²) in [5.41, 5.74) is 0.977. The molecule has 1 aromatic rings. The normalized spacial score (nSPS) is 20.6. The van der Waals surface area contributed by atoms with E-state index in [0.717, 1.165) is 28.3 Å². The van der Waals surface area contributed by atoms with Crippen LogP contribution in [0.1, 0.15) is 23.4 Å². The van der Waals surface area contributed by atoms with Gasteiger partial charge in [-0.2, -0.15) is 13.2 Å². The highest BCUT2D eigenvalue weighted by Gasteiger charge is 2.30. The highest BCUT2D eigenvalue weighted by molar-refractivity contribution is 8.04. The quantitative estimate of drug-likeness (QED) is 0.725. The maximum Gasteiger partial charge on any atom is 0.416 e. The van der Waals surface area contributed by atoms with Crippen molar-refractivity contribution in [2.75, 3.05) is 0 Å². The van der Waals surface area contributed by atoms with E-state index in [1.54, 1.807) is 0 Å². The number of hydrogen-bond acceptors (Lipinski definition) is 2. The van der Waals surface area contributed by atoms with Gasteiger partial charge in [-0.1, -0.05) is 30.5 Å². The summed E-state index contributed by atoms with van der Waals surface area (Å²) in [5.74, 6) is 0. The van der Waals surface area contributed by atoms with Crippen molar-refractivity contribution < 1.29 is 13.2 Å². The number of alkyl halides is 3. The summed E-state index contributed by atoms with van der Waals surface area (Å²) in [7, 11) is 0. The van der Waals surface area contributed by atoms with Crippen molar-refractivity contribution in [1.29, 1.82) is 0 Å². The average Bonchev–Trinajstić information content (AvgIpc) is 2.58. The first-order valence-corrected chi connectivity index (χ1v) is 5.83. The van der Waals surface area contributed by atoms with Crippen molar-refractivity contribution in [3.63, 3.8) is 0 Å². The van der Waals surface area contributed by atoms with Crippen molar-refractivity contribution in [2.24, 2.45) is 4.99 Å². The number of nitrogens with zero attached hydrogens (tertiary/aromatic N) is 1. The highest BCUT2D eigenvalue weighted by atomic mass is 32.2. The lowest BCUT2D eigenvalue weighted by atomic mass is 10.1. The van der Waals surface area contributed by atoms with Gasteiger partial charge in [-0.15, -0.1) is 0 Å². The smallest absolute Gasteiger partial charge is 0.270 e. The van der Waals surface area contributed by atoms with E-state index >= 15 is 0 Å². The van der Waals surface area contributed by atoms with Gasteiger partial charge < -0.3 is 0 Å². The standard InChI is InChI=1S/C12H10F3NS/c1-7-8(2)17-11(16-7)9-3-5-10(6-4-9)12(13,14)15/h3-6,11H,2H2,1H3. The van der Waals surface area contributed by atoms with Crippen LogP contribution in [0.2, 0.25) is 0 Å².